The highest BCUT2D eigenvalue weighted by atomic mass is 16.6. The number of esters is 1. The average molecular weight is 367 g/mol. The van der Waals surface area contributed by atoms with Gasteiger partial charge in [-0.25, -0.2) is 9.59 Å². The maximum absolute atomic E-state index is 12.7. The standard InChI is InChI=1S/C19H17N3O5/c1-2-27-18(23)15-16(12-8-4-3-5-9-12)20-19(24)21-17(15)13-10-6-7-11-14(13)22(25)26/h3-11,17H,2H2,1H3,(H2,20,21,24). The highest BCUT2D eigenvalue weighted by Crippen LogP contribution is 2.35. The summed E-state index contributed by atoms with van der Waals surface area (Å²) in [6.07, 6.45) is 0. The fourth-order valence-corrected chi connectivity index (χ4v) is 2.96. The largest absolute Gasteiger partial charge is 0.463 e. The van der Waals surface area contributed by atoms with Crippen molar-refractivity contribution in [2.75, 3.05) is 6.61 Å². The minimum atomic E-state index is -1.02. The van der Waals surface area contributed by atoms with E-state index in [1.165, 1.54) is 18.2 Å². The number of nitro groups is 1. The van der Waals surface area contributed by atoms with E-state index in [0.29, 0.717) is 5.56 Å². The van der Waals surface area contributed by atoms with Crippen LogP contribution in [0.4, 0.5) is 10.5 Å². The monoisotopic (exact) mass is 367 g/mol. The number of hydrogen-bond donors (Lipinski definition) is 2. The van der Waals surface area contributed by atoms with Crippen molar-refractivity contribution in [1.29, 1.82) is 0 Å². The summed E-state index contributed by atoms with van der Waals surface area (Å²) in [6, 6.07) is 13.2. The van der Waals surface area contributed by atoms with Crippen LogP contribution in [-0.2, 0) is 9.53 Å². The van der Waals surface area contributed by atoms with Crippen molar-refractivity contribution in [3.05, 3.63) is 81.4 Å². The van der Waals surface area contributed by atoms with Gasteiger partial charge in [0.15, 0.2) is 0 Å². The lowest BCUT2D eigenvalue weighted by Gasteiger charge is -2.29. The van der Waals surface area contributed by atoms with Gasteiger partial charge in [-0.3, -0.25) is 10.1 Å². The minimum Gasteiger partial charge on any atom is -0.463 e. The van der Waals surface area contributed by atoms with Crippen LogP contribution in [0, 0.1) is 10.1 Å². The smallest absolute Gasteiger partial charge is 0.338 e. The van der Waals surface area contributed by atoms with Crippen molar-refractivity contribution in [2.24, 2.45) is 0 Å². The fourth-order valence-electron chi connectivity index (χ4n) is 2.96. The number of carbonyl (C=O) groups is 2. The number of urea groups is 1. The van der Waals surface area contributed by atoms with Crippen molar-refractivity contribution >= 4 is 23.4 Å². The van der Waals surface area contributed by atoms with Gasteiger partial charge >= 0.3 is 12.0 Å². The number of nitrogens with zero attached hydrogens (tertiary/aromatic N) is 1. The fraction of sp³-hybridized carbons (Fsp3) is 0.158. The molecule has 0 saturated heterocycles. The molecular weight excluding hydrogens is 350 g/mol. The molecule has 0 fully saturated rings. The number of nitrogens with one attached hydrogen (secondary N) is 2. The lowest BCUT2D eigenvalue weighted by atomic mass is 9.91. The molecule has 2 aromatic rings. The summed E-state index contributed by atoms with van der Waals surface area (Å²) in [5, 5.41) is 16.7. The molecule has 0 saturated carbocycles. The molecule has 1 aliphatic heterocycles. The zero-order valence-corrected chi connectivity index (χ0v) is 14.5. The normalized spacial score (nSPS) is 16.3. The van der Waals surface area contributed by atoms with Gasteiger partial charge in [0.1, 0.15) is 0 Å². The zero-order valence-electron chi connectivity index (χ0n) is 14.5. The highest BCUT2D eigenvalue weighted by molar-refractivity contribution is 6.04. The third-order valence-electron chi connectivity index (χ3n) is 4.07. The minimum absolute atomic E-state index is 0.108. The molecule has 8 heteroatoms. The Morgan fingerprint density at radius 2 is 1.81 bits per heavy atom. The van der Waals surface area contributed by atoms with Crippen molar-refractivity contribution in [3.8, 4) is 0 Å². The second-order valence-electron chi connectivity index (χ2n) is 5.72. The molecule has 2 amide bonds. The van der Waals surface area contributed by atoms with E-state index < -0.39 is 23.0 Å². The molecule has 2 N–H and O–H groups in total. The summed E-state index contributed by atoms with van der Waals surface area (Å²) < 4.78 is 5.16. The van der Waals surface area contributed by atoms with Crippen LogP contribution >= 0.6 is 0 Å². The van der Waals surface area contributed by atoms with Crippen molar-refractivity contribution < 1.29 is 19.2 Å². The SMILES string of the molecule is CCOC(=O)C1=C(c2ccccc2)NC(=O)NC1c1ccccc1[N+](=O)[O-]. The van der Waals surface area contributed by atoms with E-state index in [4.69, 9.17) is 4.74 Å². The molecule has 1 atom stereocenters. The van der Waals surface area contributed by atoms with E-state index >= 15 is 0 Å². The van der Waals surface area contributed by atoms with Crippen molar-refractivity contribution in [3.63, 3.8) is 0 Å². The topological polar surface area (TPSA) is 111 Å². The molecule has 2 aromatic carbocycles. The van der Waals surface area contributed by atoms with Gasteiger partial charge in [-0.15, -0.1) is 0 Å². The first-order valence-electron chi connectivity index (χ1n) is 8.30. The Morgan fingerprint density at radius 1 is 1.15 bits per heavy atom. The van der Waals surface area contributed by atoms with Gasteiger partial charge in [-0.1, -0.05) is 42.5 Å². The van der Waals surface area contributed by atoms with E-state index in [-0.39, 0.29) is 29.1 Å². The third-order valence-corrected chi connectivity index (χ3v) is 4.07. The summed E-state index contributed by atoms with van der Waals surface area (Å²) in [5.41, 5.74) is 0.977. The second-order valence-corrected chi connectivity index (χ2v) is 5.72. The van der Waals surface area contributed by atoms with Crippen LogP contribution in [0.1, 0.15) is 24.1 Å². The summed E-state index contributed by atoms with van der Waals surface area (Å²) in [5.74, 6) is -0.660. The number of para-hydroxylation sites is 1. The summed E-state index contributed by atoms with van der Waals surface area (Å²) >= 11 is 0. The van der Waals surface area contributed by atoms with Gasteiger partial charge in [0.2, 0.25) is 0 Å². The molecule has 1 aliphatic rings. The van der Waals surface area contributed by atoms with E-state index in [0.717, 1.165) is 0 Å². The summed E-state index contributed by atoms with van der Waals surface area (Å²) in [7, 11) is 0. The van der Waals surface area contributed by atoms with Crippen molar-refractivity contribution in [1.82, 2.24) is 10.6 Å². The number of ether oxygens (including phenoxy) is 1. The Bertz CT molecular complexity index is 924. The van der Waals surface area contributed by atoms with Gasteiger partial charge in [0, 0.05) is 6.07 Å². The quantitative estimate of drug-likeness (QED) is 0.480. The molecule has 138 valence electrons. The zero-order chi connectivity index (χ0) is 19.4. The number of hydrogen-bond acceptors (Lipinski definition) is 5. The van der Waals surface area contributed by atoms with Crippen LogP contribution in [0.3, 0.4) is 0 Å². The molecule has 0 radical (unpaired) electrons. The van der Waals surface area contributed by atoms with Gasteiger partial charge in [0.05, 0.1) is 34.4 Å². The average Bonchev–Trinajstić information content (AvgIpc) is 2.68. The van der Waals surface area contributed by atoms with E-state index in [1.807, 2.05) is 0 Å². The first-order valence-corrected chi connectivity index (χ1v) is 8.30. The molecule has 3 rings (SSSR count). The Balaban J connectivity index is 2.24. The molecular formula is C19H17N3O5. The number of nitro benzene ring substituents is 1. The highest BCUT2D eigenvalue weighted by Gasteiger charge is 2.37. The van der Waals surface area contributed by atoms with E-state index in [9.17, 15) is 19.7 Å². The van der Waals surface area contributed by atoms with Crippen LogP contribution in [0.5, 0.6) is 0 Å². The van der Waals surface area contributed by atoms with E-state index in [2.05, 4.69) is 10.6 Å². The Labute approximate surface area is 155 Å². The maximum atomic E-state index is 12.7. The molecule has 0 bridgehead atoms. The first kappa shape index (κ1) is 18.1. The summed E-state index contributed by atoms with van der Waals surface area (Å²) in [6.45, 7) is 1.79. The Morgan fingerprint density at radius 3 is 2.48 bits per heavy atom. The van der Waals surface area contributed by atoms with Crippen LogP contribution < -0.4 is 10.6 Å². The summed E-state index contributed by atoms with van der Waals surface area (Å²) in [4.78, 5) is 35.9. The molecule has 1 unspecified atom stereocenters. The predicted molar refractivity (Wildman–Crippen MR) is 97.5 cm³/mol. The van der Waals surface area contributed by atoms with E-state index in [1.54, 1.807) is 43.3 Å². The van der Waals surface area contributed by atoms with Crippen LogP contribution in [0.2, 0.25) is 0 Å². The van der Waals surface area contributed by atoms with Gasteiger partial charge in [-0.05, 0) is 18.6 Å². The molecule has 27 heavy (non-hydrogen) atoms. The van der Waals surface area contributed by atoms with Gasteiger partial charge in [0.25, 0.3) is 5.69 Å². The lowest BCUT2D eigenvalue weighted by Crippen LogP contribution is -2.45. The molecule has 0 spiro atoms. The third kappa shape index (κ3) is 3.64. The van der Waals surface area contributed by atoms with Crippen LogP contribution in [0.25, 0.3) is 5.70 Å². The lowest BCUT2D eigenvalue weighted by molar-refractivity contribution is -0.385. The molecule has 0 aromatic heterocycles. The maximum Gasteiger partial charge on any atom is 0.338 e. The second kappa shape index (κ2) is 7.69. The Kier molecular flexibility index (Phi) is 5.16. The van der Waals surface area contributed by atoms with Gasteiger partial charge in [-0.2, -0.15) is 0 Å². The predicted octanol–water partition coefficient (Wildman–Crippen LogP) is 2.92. The number of rotatable bonds is 5. The van der Waals surface area contributed by atoms with Crippen LogP contribution in [-0.4, -0.2) is 23.5 Å². The molecule has 0 aliphatic carbocycles. The number of amides is 2. The van der Waals surface area contributed by atoms with Gasteiger partial charge < -0.3 is 15.4 Å². The Hall–Kier alpha value is -3.68. The number of carbonyl (C=O) groups excluding carboxylic acids is 2. The molecule has 8 nitrogen and oxygen atoms in total. The van der Waals surface area contributed by atoms with Crippen LogP contribution in [0.15, 0.2) is 60.2 Å². The number of benzene rings is 2. The molecule has 1 heterocycles. The first-order chi connectivity index (χ1) is 13.0. The van der Waals surface area contributed by atoms with Crippen molar-refractivity contribution in [2.45, 2.75) is 13.0 Å².